The number of nitrogens with one attached hydrogen (secondary N) is 2. The van der Waals surface area contributed by atoms with Gasteiger partial charge in [-0.2, -0.15) is 5.10 Å². The monoisotopic (exact) mass is 329 g/mol. The second kappa shape index (κ2) is 8.24. The van der Waals surface area contributed by atoms with Crippen LogP contribution in [0.1, 0.15) is 37.2 Å². The molecule has 7 nitrogen and oxygen atoms in total. The molecule has 24 heavy (non-hydrogen) atoms. The van der Waals surface area contributed by atoms with E-state index in [2.05, 4.69) is 20.7 Å². The molecule has 0 aromatic carbocycles. The molecule has 0 fully saturated rings. The van der Waals surface area contributed by atoms with E-state index in [-0.39, 0.29) is 11.8 Å². The molecule has 1 atom stereocenters. The Bertz CT molecular complexity index is 696. The molecule has 2 rings (SSSR count). The van der Waals surface area contributed by atoms with Gasteiger partial charge in [-0.3, -0.25) is 19.3 Å². The molecule has 0 radical (unpaired) electrons. The number of amides is 2. The van der Waals surface area contributed by atoms with Crippen molar-refractivity contribution in [1.29, 1.82) is 0 Å². The van der Waals surface area contributed by atoms with Gasteiger partial charge in [0.2, 0.25) is 5.91 Å². The average molecular weight is 329 g/mol. The Kier molecular flexibility index (Phi) is 6.06. The van der Waals surface area contributed by atoms with Gasteiger partial charge in [-0.05, 0) is 31.0 Å². The maximum Gasteiger partial charge on any atom is 0.270 e. The van der Waals surface area contributed by atoms with Crippen molar-refractivity contribution >= 4 is 11.8 Å². The van der Waals surface area contributed by atoms with Crippen LogP contribution >= 0.6 is 0 Å². The summed E-state index contributed by atoms with van der Waals surface area (Å²) in [6, 6.07) is 4.84. The molecule has 2 N–H and O–H groups in total. The van der Waals surface area contributed by atoms with Crippen LogP contribution in [0.4, 0.5) is 0 Å². The third-order valence-corrected chi connectivity index (χ3v) is 3.65. The molecule has 0 aliphatic carbocycles. The number of carbonyl (C=O) groups excluding carboxylic acids is 2. The lowest BCUT2D eigenvalue weighted by molar-refractivity contribution is -0.123. The minimum absolute atomic E-state index is 0.164. The molecule has 2 aromatic rings. The molecule has 0 bridgehead atoms. The molecular formula is C17H23N5O2. The quantitative estimate of drug-likeness (QED) is 0.806. The highest BCUT2D eigenvalue weighted by molar-refractivity contribution is 5.97. The number of hydrogen-bond donors (Lipinski definition) is 2. The van der Waals surface area contributed by atoms with Gasteiger partial charge in [-0.15, -0.1) is 0 Å². The Morgan fingerprint density at radius 2 is 2.12 bits per heavy atom. The molecular weight excluding hydrogens is 306 g/mol. The van der Waals surface area contributed by atoms with Crippen molar-refractivity contribution in [3.63, 3.8) is 0 Å². The van der Waals surface area contributed by atoms with Gasteiger partial charge in [0.15, 0.2) is 0 Å². The third-order valence-electron chi connectivity index (χ3n) is 3.65. The highest BCUT2D eigenvalue weighted by Gasteiger charge is 2.21. The van der Waals surface area contributed by atoms with Gasteiger partial charge in [-0.1, -0.05) is 13.8 Å². The summed E-state index contributed by atoms with van der Waals surface area (Å²) in [5.41, 5.74) is 1.90. The fourth-order valence-corrected chi connectivity index (χ4v) is 2.29. The van der Waals surface area contributed by atoms with Crippen molar-refractivity contribution in [2.75, 3.05) is 6.54 Å². The van der Waals surface area contributed by atoms with Crippen molar-refractivity contribution in [2.24, 2.45) is 7.05 Å². The molecule has 128 valence electrons. The second-order valence-corrected chi connectivity index (χ2v) is 5.51. The fourth-order valence-electron chi connectivity index (χ4n) is 2.29. The second-order valence-electron chi connectivity index (χ2n) is 5.51. The zero-order valence-corrected chi connectivity index (χ0v) is 14.2. The summed E-state index contributed by atoms with van der Waals surface area (Å²) in [6.07, 6.45) is 4.75. The number of hydrogen-bond acceptors (Lipinski definition) is 4. The van der Waals surface area contributed by atoms with E-state index in [0.717, 1.165) is 12.0 Å². The fraction of sp³-hybridized carbons (Fsp3) is 0.412. The molecule has 0 unspecified atom stereocenters. The lowest BCUT2D eigenvalue weighted by Gasteiger charge is -2.16. The van der Waals surface area contributed by atoms with Crippen LogP contribution in [0.2, 0.25) is 0 Å². The zero-order valence-electron chi connectivity index (χ0n) is 14.2. The van der Waals surface area contributed by atoms with Crippen molar-refractivity contribution < 1.29 is 9.59 Å². The number of aromatic nitrogens is 3. The van der Waals surface area contributed by atoms with Gasteiger partial charge in [-0.25, -0.2) is 0 Å². The van der Waals surface area contributed by atoms with Crippen LogP contribution in [0.5, 0.6) is 0 Å². The molecule has 0 spiro atoms. The molecule has 0 saturated heterocycles. The number of rotatable bonds is 7. The van der Waals surface area contributed by atoms with Crippen molar-refractivity contribution in [1.82, 2.24) is 25.4 Å². The van der Waals surface area contributed by atoms with Gasteiger partial charge in [0.1, 0.15) is 11.7 Å². The Balaban J connectivity index is 2.12. The standard InChI is InChI=1S/C17H23N5O2/c1-4-8-19-16(23)13(5-2)20-17(24)15-10-14(21-22(15)3)12-7-6-9-18-11-12/h6-7,9-11,13H,4-5,8H2,1-3H3,(H,19,23)(H,20,24)/t13-/m1/s1. The number of pyridine rings is 1. The van der Waals surface area contributed by atoms with E-state index in [1.54, 1.807) is 25.5 Å². The van der Waals surface area contributed by atoms with Gasteiger partial charge >= 0.3 is 0 Å². The van der Waals surface area contributed by atoms with Gasteiger partial charge < -0.3 is 10.6 Å². The van der Waals surface area contributed by atoms with Crippen LogP contribution in [0.25, 0.3) is 11.3 Å². The lowest BCUT2D eigenvalue weighted by Crippen LogP contribution is -2.46. The Morgan fingerprint density at radius 3 is 2.75 bits per heavy atom. The summed E-state index contributed by atoms with van der Waals surface area (Å²) in [4.78, 5) is 28.6. The van der Waals surface area contributed by atoms with Gasteiger partial charge in [0, 0.05) is 31.5 Å². The maximum absolute atomic E-state index is 12.5. The van der Waals surface area contributed by atoms with Crippen LogP contribution in [0.3, 0.4) is 0 Å². The summed E-state index contributed by atoms with van der Waals surface area (Å²) in [5.74, 6) is -0.485. The predicted molar refractivity (Wildman–Crippen MR) is 91.3 cm³/mol. The SMILES string of the molecule is CCCNC(=O)[C@@H](CC)NC(=O)c1cc(-c2cccnc2)nn1C. The van der Waals surface area contributed by atoms with Gasteiger partial charge in [0.05, 0.1) is 5.69 Å². The number of carbonyl (C=O) groups is 2. The van der Waals surface area contributed by atoms with Crippen molar-refractivity contribution in [3.05, 3.63) is 36.3 Å². The van der Waals surface area contributed by atoms with Crippen LogP contribution < -0.4 is 10.6 Å². The minimum atomic E-state index is -0.555. The lowest BCUT2D eigenvalue weighted by atomic mass is 10.2. The highest BCUT2D eigenvalue weighted by Crippen LogP contribution is 2.17. The molecule has 2 amide bonds. The normalized spacial score (nSPS) is 11.8. The van der Waals surface area contributed by atoms with E-state index < -0.39 is 6.04 Å². The Labute approximate surface area is 141 Å². The zero-order chi connectivity index (χ0) is 17.5. The van der Waals surface area contributed by atoms with Crippen LogP contribution in [0, 0.1) is 0 Å². The molecule has 7 heteroatoms. The van der Waals surface area contributed by atoms with E-state index >= 15 is 0 Å². The summed E-state index contributed by atoms with van der Waals surface area (Å²) in [5, 5.41) is 9.92. The van der Waals surface area contributed by atoms with Crippen LogP contribution in [0.15, 0.2) is 30.6 Å². The third kappa shape index (κ3) is 4.18. The summed E-state index contributed by atoms with van der Waals surface area (Å²) in [6.45, 7) is 4.44. The topological polar surface area (TPSA) is 88.9 Å². The molecule has 2 aromatic heterocycles. The number of nitrogens with zero attached hydrogens (tertiary/aromatic N) is 3. The predicted octanol–water partition coefficient (Wildman–Crippen LogP) is 1.52. The minimum Gasteiger partial charge on any atom is -0.354 e. The first-order chi connectivity index (χ1) is 11.6. The largest absolute Gasteiger partial charge is 0.354 e. The van der Waals surface area contributed by atoms with E-state index in [1.165, 1.54) is 4.68 Å². The summed E-state index contributed by atoms with van der Waals surface area (Å²) >= 11 is 0. The Morgan fingerprint density at radius 1 is 1.33 bits per heavy atom. The number of aryl methyl sites for hydroxylation is 1. The van der Waals surface area contributed by atoms with E-state index in [1.807, 2.05) is 26.0 Å². The van der Waals surface area contributed by atoms with Crippen LogP contribution in [-0.4, -0.2) is 39.2 Å². The first-order valence-corrected chi connectivity index (χ1v) is 8.09. The summed E-state index contributed by atoms with van der Waals surface area (Å²) in [7, 11) is 1.70. The molecule has 0 aliphatic heterocycles. The van der Waals surface area contributed by atoms with Gasteiger partial charge in [0.25, 0.3) is 5.91 Å². The molecule has 0 saturated carbocycles. The van der Waals surface area contributed by atoms with E-state index in [4.69, 9.17) is 0 Å². The summed E-state index contributed by atoms with van der Waals surface area (Å²) < 4.78 is 1.51. The highest BCUT2D eigenvalue weighted by atomic mass is 16.2. The first-order valence-electron chi connectivity index (χ1n) is 8.09. The first kappa shape index (κ1) is 17.7. The van der Waals surface area contributed by atoms with Crippen molar-refractivity contribution in [3.8, 4) is 11.3 Å². The maximum atomic E-state index is 12.5. The molecule has 0 aliphatic rings. The average Bonchev–Trinajstić information content (AvgIpc) is 3.00. The Hall–Kier alpha value is -2.70. The van der Waals surface area contributed by atoms with E-state index in [9.17, 15) is 9.59 Å². The smallest absolute Gasteiger partial charge is 0.270 e. The van der Waals surface area contributed by atoms with Crippen molar-refractivity contribution in [2.45, 2.75) is 32.7 Å². The van der Waals surface area contributed by atoms with E-state index in [0.29, 0.717) is 24.4 Å². The van der Waals surface area contributed by atoms with Crippen LogP contribution in [-0.2, 0) is 11.8 Å². The molecule has 2 heterocycles.